The second kappa shape index (κ2) is 8.51. The van der Waals surface area contributed by atoms with Crippen molar-refractivity contribution in [2.45, 2.75) is 32.0 Å². The molecule has 0 fully saturated rings. The highest BCUT2D eigenvalue weighted by Crippen LogP contribution is 2.21. The summed E-state index contributed by atoms with van der Waals surface area (Å²) in [7, 11) is 0. The number of hydrogen-bond donors (Lipinski definition) is 2. The van der Waals surface area contributed by atoms with E-state index >= 15 is 0 Å². The molecule has 0 saturated heterocycles. The van der Waals surface area contributed by atoms with E-state index in [-0.39, 0.29) is 6.54 Å². The molecule has 0 saturated carbocycles. The molecule has 19 heavy (non-hydrogen) atoms. The third kappa shape index (κ3) is 4.89. The van der Waals surface area contributed by atoms with Crippen LogP contribution in [0.3, 0.4) is 0 Å². The first-order chi connectivity index (χ1) is 9.22. The van der Waals surface area contributed by atoms with Crippen LogP contribution in [0.15, 0.2) is 60.4 Å². The molecule has 0 heterocycles. The molecule has 0 spiro atoms. The van der Waals surface area contributed by atoms with Gasteiger partial charge in [-0.15, -0.1) is 0 Å². The Hall–Kier alpha value is -1.58. The van der Waals surface area contributed by atoms with Crippen molar-refractivity contribution < 1.29 is 9.84 Å². The number of ether oxygens (including phenoxy) is 1. The first-order valence-corrected chi connectivity index (χ1v) is 6.59. The quantitative estimate of drug-likeness (QED) is 0.547. The van der Waals surface area contributed by atoms with E-state index in [0.717, 1.165) is 18.4 Å². The molecule has 0 unspecified atom stereocenters. The highest BCUT2D eigenvalue weighted by atomic mass is 16.5. The summed E-state index contributed by atoms with van der Waals surface area (Å²) < 4.78 is 5.87. The van der Waals surface area contributed by atoms with Crippen LogP contribution in [-0.2, 0) is 4.74 Å². The zero-order chi connectivity index (χ0) is 14.1. The van der Waals surface area contributed by atoms with Crippen LogP contribution in [0.25, 0.3) is 0 Å². The summed E-state index contributed by atoms with van der Waals surface area (Å²) in [5.41, 5.74) is 6.54. The molecule has 0 aromatic carbocycles. The number of hydrogen-bond acceptors (Lipinski definition) is 3. The number of aliphatic hydroxyl groups excluding tert-OH is 1. The molecule has 0 aromatic rings. The van der Waals surface area contributed by atoms with Gasteiger partial charge >= 0.3 is 0 Å². The van der Waals surface area contributed by atoms with Gasteiger partial charge in [-0.3, -0.25) is 0 Å². The lowest BCUT2D eigenvalue weighted by Gasteiger charge is -2.26. The third-order valence-electron chi connectivity index (χ3n) is 2.89. The van der Waals surface area contributed by atoms with Crippen LogP contribution in [-0.4, -0.2) is 23.9 Å². The van der Waals surface area contributed by atoms with Gasteiger partial charge in [-0.25, -0.2) is 0 Å². The topological polar surface area (TPSA) is 55.5 Å². The van der Waals surface area contributed by atoms with Crippen LogP contribution >= 0.6 is 0 Å². The van der Waals surface area contributed by atoms with E-state index in [4.69, 9.17) is 10.5 Å². The van der Waals surface area contributed by atoms with Crippen molar-refractivity contribution in [1.29, 1.82) is 0 Å². The van der Waals surface area contributed by atoms with Crippen LogP contribution in [0.1, 0.15) is 19.8 Å². The first kappa shape index (κ1) is 15.5. The lowest BCUT2D eigenvalue weighted by molar-refractivity contribution is 0.0289. The predicted octanol–water partition coefficient (Wildman–Crippen LogP) is 2.61. The van der Waals surface area contributed by atoms with E-state index < -0.39 is 12.2 Å². The molecule has 3 N–H and O–H groups in total. The van der Waals surface area contributed by atoms with E-state index in [1.165, 1.54) is 0 Å². The fourth-order valence-corrected chi connectivity index (χ4v) is 1.85. The van der Waals surface area contributed by atoms with Gasteiger partial charge in [0.15, 0.2) is 6.10 Å². The third-order valence-corrected chi connectivity index (χ3v) is 2.89. The molecular weight excluding hydrogens is 238 g/mol. The van der Waals surface area contributed by atoms with E-state index in [9.17, 15) is 5.11 Å². The smallest absolute Gasteiger partial charge is 0.150 e. The van der Waals surface area contributed by atoms with Gasteiger partial charge in [0.25, 0.3) is 0 Å². The highest BCUT2D eigenvalue weighted by Gasteiger charge is 2.23. The summed E-state index contributed by atoms with van der Waals surface area (Å²) in [6.45, 7) is 5.68. The maximum Gasteiger partial charge on any atom is 0.150 e. The Labute approximate surface area is 115 Å². The van der Waals surface area contributed by atoms with Crippen LogP contribution in [0.5, 0.6) is 0 Å². The van der Waals surface area contributed by atoms with E-state index in [1.54, 1.807) is 12.2 Å². The largest absolute Gasteiger partial charge is 0.483 e. The Morgan fingerprint density at radius 1 is 1.58 bits per heavy atom. The molecule has 3 nitrogen and oxygen atoms in total. The summed E-state index contributed by atoms with van der Waals surface area (Å²) in [5, 5.41) is 10.0. The summed E-state index contributed by atoms with van der Waals surface area (Å²) in [5.74, 6) is 0.692. The molecule has 1 aliphatic rings. The maximum absolute atomic E-state index is 10.0. The molecule has 0 amide bonds. The molecule has 0 aromatic heterocycles. The highest BCUT2D eigenvalue weighted by molar-refractivity contribution is 5.29. The van der Waals surface area contributed by atoms with Crippen LogP contribution in [0, 0.1) is 0 Å². The van der Waals surface area contributed by atoms with Gasteiger partial charge in [-0.1, -0.05) is 37.0 Å². The molecule has 1 rings (SSSR count). The Balaban J connectivity index is 2.85. The average Bonchev–Trinajstić information content (AvgIpc) is 2.48. The summed E-state index contributed by atoms with van der Waals surface area (Å²) in [6.07, 6.45) is 14.2. The Morgan fingerprint density at radius 2 is 2.37 bits per heavy atom. The molecule has 2 atom stereocenters. The monoisotopic (exact) mass is 261 g/mol. The van der Waals surface area contributed by atoms with Gasteiger partial charge in [0.2, 0.25) is 0 Å². The minimum absolute atomic E-state index is 0.165. The lowest BCUT2D eigenvalue weighted by Crippen LogP contribution is -2.36. The van der Waals surface area contributed by atoms with Crippen molar-refractivity contribution >= 4 is 0 Å². The van der Waals surface area contributed by atoms with Gasteiger partial charge in [-0.05, 0) is 37.5 Å². The number of aliphatic hydroxyl groups is 1. The Kier molecular flexibility index (Phi) is 6.93. The molecule has 0 bridgehead atoms. The molecule has 0 aliphatic heterocycles. The molecule has 0 radical (unpaired) electrons. The van der Waals surface area contributed by atoms with Gasteiger partial charge in [-0.2, -0.15) is 0 Å². The molecular formula is C16H23NO2. The number of allylic oxidation sites excluding steroid dienone is 6. The second-order valence-corrected chi connectivity index (χ2v) is 4.31. The van der Waals surface area contributed by atoms with Crippen LogP contribution in [0.2, 0.25) is 0 Å². The van der Waals surface area contributed by atoms with Crippen molar-refractivity contribution in [3.63, 3.8) is 0 Å². The number of nitrogens with two attached hydrogens (primary N) is 1. The SMILES string of the molecule is C=C/C=C\C(=C/C)O[C@@H](C1=CCCC=C1)[C@@H](O)CN. The normalized spacial score (nSPS) is 19.1. The van der Waals surface area contributed by atoms with E-state index in [2.05, 4.69) is 18.7 Å². The predicted molar refractivity (Wildman–Crippen MR) is 79.5 cm³/mol. The summed E-state index contributed by atoms with van der Waals surface area (Å²) >= 11 is 0. The Bertz CT molecular complexity index is 405. The molecule has 3 heteroatoms. The summed E-state index contributed by atoms with van der Waals surface area (Å²) in [4.78, 5) is 0. The minimum Gasteiger partial charge on any atom is -0.483 e. The van der Waals surface area contributed by atoms with Crippen LogP contribution < -0.4 is 5.73 Å². The van der Waals surface area contributed by atoms with Gasteiger partial charge in [0.05, 0.1) is 0 Å². The number of rotatable bonds is 7. The van der Waals surface area contributed by atoms with E-state index in [1.807, 2.05) is 25.2 Å². The zero-order valence-electron chi connectivity index (χ0n) is 11.5. The van der Waals surface area contributed by atoms with Gasteiger partial charge in [0, 0.05) is 6.54 Å². The Morgan fingerprint density at radius 3 is 2.89 bits per heavy atom. The minimum atomic E-state index is -0.721. The standard InChI is InChI=1S/C16H23NO2/c1-3-5-11-14(4-2)19-16(15(18)12-17)13-9-7-6-8-10-13/h3-5,7,9-11,15-16,18H,1,6,8,12,17H2,2H3/b11-5-,14-4+/t15-,16-/m0/s1. The maximum atomic E-state index is 10.0. The van der Waals surface area contributed by atoms with Crippen molar-refractivity contribution in [1.82, 2.24) is 0 Å². The lowest BCUT2D eigenvalue weighted by atomic mass is 9.98. The van der Waals surface area contributed by atoms with Gasteiger partial charge in [0.1, 0.15) is 11.9 Å². The van der Waals surface area contributed by atoms with Crippen molar-refractivity contribution in [3.05, 3.63) is 60.4 Å². The van der Waals surface area contributed by atoms with Crippen LogP contribution in [0.4, 0.5) is 0 Å². The van der Waals surface area contributed by atoms with E-state index in [0.29, 0.717) is 5.76 Å². The fraction of sp³-hybridized carbons (Fsp3) is 0.375. The van der Waals surface area contributed by atoms with Crippen molar-refractivity contribution in [2.75, 3.05) is 6.54 Å². The second-order valence-electron chi connectivity index (χ2n) is 4.31. The van der Waals surface area contributed by atoms with Crippen molar-refractivity contribution in [3.8, 4) is 0 Å². The summed E-state index contributed by atoms with van der Waals surface area (Å²) in [6, 6.07) is 0. The molecule has 104 valence electrons. The van der Waals surface area contributed by atoms with Gasteiger partial charge < -0.3 is 15.6 Å². The average molecular weight is 261 g/mol. The fourth-order valence-electron chi connectivity index (χ4n) is 1.85. The first-order valence-electron chi connectivity index (χ1n) is 6.59. The van der Waals surface area contributed by atoms with Crippen molar-refractivity contribution in [2.24, 2.45) is 5.73 Å². The molecule has 1 aliphatic carbocycles. The zero-order valence-corrected chi connectivity index (χ0v) is 11.5.